The fraction of sp³-hybridized carbons (Fsp3) is 0.471. The van der Waals surface area contributed by atoms with E-state index in [4.69, 9.17) is 16.3 Å². The molecule has 0 amide bonds. The Kier molecular flexibility index (Phi) is 3.72. The molecule has 3 heteroatoms. The van der Waals surface area contributed by atoms with Crippen LogP contribution in [0.2, 0.25) is 5.02 Å². The summed E-state index contributed by atoms with van der Waals surface area (Å²) in [5.41, 5.74) is 3.20. The van der Waals surface area contributed by atoms with Gasteiger partial charge in [0.15, 0.2) is 5.78 Å². The van der Waals surface area contributed by atoms with E-state index in [1.165, 1.54) is 5.57 Å². The largest absolute Gasteiger partial charge is 0.482 e. The second-order valence-electron chi connectivity index (χ2n) is 6.26. The quantitative estimate of drug-likeness (QED) is 0.712. The van der Waals surface area contributed by atoms with Gasteiger partial charge in [-0.2, -0.15) is 0 Å². The van der Waals surface area contributed by atoms with Crippen LogP contribution in [0.1, 0.15) is 56.1 Å². The SMILES string of the molecule is CC(=O)c1cc2c(c(Cl)c1C)OC(C)(C)C=C2C(C)C. The van der Waals surface area contributed by atoms with Gasteiger partial charge in [-0.15, -0.1) is 0 Å². The minimum absolute atomic E-state index is 0.0279. The Morgan fingerprint density at radius 3 is 2.45 bits per heavy atom. The van der Waals surface area contributed by atoms with E-state index in [1.807, 2.05) is 26.8 Å². The Morgan fingerprint density at radius 1 is 1.35 bits per heavy atom. The van der Waals surface area contributed by atoms with Gasteiger partial charge in [0.25, 0.3) is 0 Å². The number of carbonyl (C=O) groups is 1. The Morgan fingerprint density at radius 2 is 1.95 bits per heavy atom. The minimum Gasteiger partial charge on any atom is -0.482 e. The van der Waals surface area contributed by atoms with Crippen LogP contribution in [0, 0.1) is 12.8 Å². The van der Waals surface area contributed by atoms with E-state index in [9.17, 15) is 4.79 Å². The van der Waals surface area contributed by atoms with Crippen molar-refractivity contribution in [3.05, 3.63) is 33.9 Å². The zero-order valence-corrected chi connectivity index (χ0v) is 13.7. The highest BCUT2D eigenvalue weighted by atomic mass is 35.5. The lowest BCUT2D eigenvalue weighted by molar-refractivity contribution is 0.101. The molecular weight excluding hydrogens is 272 g/mol. The molecule has 1 aromatic rings. The number of benzene rings is 1. The third-order valence-corrected chi connectivity index (χ3v) is 4.10. The second-order valence-corrected chi connectivity index (χ2v) is 6.63. The summed E-state index contributed by atoms with van der Waals surface area (Å²) < 4.78 is 6.03. The Bertz CT molecular complexity index is 610. The number of allylic oxidation sites excluding steroid dienone is 1. The number of halogens is 1. The van der Waals surface area contributed by atoms with Crippen molar-refractivity contribution in [3.8, 4) is 5.75 Å². The number of rotatable bonds is 2. The average Bonchev–Trinajstić information content (AvgIpc) is 2.32. The number of carbonyl (C=O) groups excluding carboxylic acids is 1. The van der Waals surface area contributed by atoms with E-state index in [1.54, 1.807) is 6.92 Å². The van der Waals surface area contributed by atoms with Crippen molar-refractivity contribution >= 4 is 23.0 Å². The molecule has 0 saturated heterocycles. The van der Waals surface area contributed by atoms with Crippen LogP contribution >= 0.6 is 11.6 Å². The molecule has 0 aliphatic carbocycles. The van der Waals surface area contributed by atoms with Gasteiger partial charge < -0.3 is 4.74 Å². The number of ether oxygens (including phenoxy) is 1. The van der Waals surface area contributed by atoms with Gasteiger partial charge in [-0.25, -0.2) is 0 Å². The van der Waals surface area contributed by atoms with Crippen molar-refractivity contribution in [2.75, 3.05) is 0 Å². The first kappa shape index (κ1) is 15.1. The summed E-state index contributed by atoms with van der Waals surface area (Å²) in [6.45, 7) is 11.7. The topological polar surface area (TPSA) is 26.3 Å². The van der Waals surface area contributed by atoms with Crippen molar-refractivity contribution in [3.63, 3.8) is 0 Å². The highest BCUT2D eigenvalue weighted by molar-refractivity contribution is 6.33. The summed E-state index contributed by atoms with van der Waals surface area (Å²) in [7, 11) is 0. The van der Waals surface area contributed by atoms with Crippen LogP contribution in [0.15, 0.2) is 12.1 Å². The monoisotopic (exact) mass is 292 g/mol. The van der Waals surface area contributed by atoms with E-state index >= 15 is 0 Å². The molecule has 0 fully saturated rings. The predicted molar refractivity (Wildman–Crippen MR) is 83.7 cm³/mol. The molecule has 1 heterocycles. The fourth-order valence-corrected chi connectivity index (χ4v) is 2.87. The van der Waals surface area contributed by atoms with Gasteiger partial charge in [-0.1, -0.05) is 25.4 Å². The van der Waals surface area contributed by atoms with Gasteiger partial charge in [0.2, 0.25) is 0 Å². The molecule has 2 rings (SSSR count). The van der Waals surface area contributed by atoms with Gasteiger partial charge in [-0.3, -0.25) is 4.79 Å². The van der Waals surface area contributed by atoms with Crippen LogP contribution in [0.3, 0.4) is 0 Å². The van der Waals surface area contributed by atoms with Crippen LogP contribution < -0.4 is 4.74 Å². The van der Waals surface area contributed by atoms with Gasteiger partial charge in [0, 0.05) is 11.1 Å². The first-order valence-corrected chi connectivity index (χ1v) is 7.28. The summed E-state index contributed by atoms with van der Waals surface area (Å²) in [4.78, 5) is 11.8. The maximum atomic E-state index is 11.8. The summed E-state index contributed by atoms with van der Waals surface area (Å²) in [6.07, 6.45) is 2.12. The van der Waals surface area contributed by atoms with Crippen molar-refractivity contribution in [2.24, 2.45) is 5.92 Å². The van der Waals surface area contributed by atoms with Crippen LogP contribution in [-0.4, -0.2) is 11.4 Å². The third kappa shape index (κ3) is 2.49. The Labute approximate surface area is 125 Å². The molecule has 0 atom stereocenters. The number of ketones is 1. The van der Waals surface area contributed by atoms with Crippen LogP contribution in [0.4, 0.5) is 0 Å². The van der Waals surface area contributed by atoms with E-state index in [-0.39, 0.29) is 11.4 Å². The molecule has 0 unspecified atom stereocenters. The van der Waals surface area contributed by atoms with E-state index in [0.29, 0.717) is 22.3 Å². The molecule has 0 radical (unpaired) electrons. The van der Waals surface area contributed by atoms with Gasteiger partial charge in [0.05, 0.1) is 5.02 Å². The molecule has 0 saturated carbocycles. The molecule has 1 aromatic carbocycles. The average molecular weight is 293 g/mol. The first-order valence-electron chi connectivity index (χ1n) is 6.90. The number of fused-ring (bicyclic) bond motifs is 1. The van der Waals surface area contributed by atoms with Crippen molar-refractivity contribution in [1.29, 1.82) is 0 Å². The van der Waals surface area contributed by atoms with E-state index in [0.717, 1.165) is 11.1 Å². The minimum atomic E-state index is -0.388. The lowest BCUT2D eigenvalue weighted by Crippen LogP contribution is -2.30. The highest BCUT2D eigenvalue weighted by Crippen LogP contribution is 2.45. The van der Waals surface area contributed by atoms with Crippen LogP contribution in [-0.2, 0) is 0 Å². The molecule has 1 aliphatic rings. The molecule has 0 spiro atoms. The van der Waals surface area contributed by atoms with Gasteiger partial charge in [0.1, 0.15) is 11.4 Å². The summed E-state index contributed by atoms with van der Waals surface area (Å²) >= 11 is 6.45. The van der Waals surface area contributed by atoms with Gasteiger partial charge in [-0.05, 0) is 56.9 Å². The number of Topliss-reactive ketones (excluding diaryl/α,β-unsaturated/α-hetero) is 1. The lowest BCUT2D eigenvalue weighted by Gasteiger charge is -2.34. The highest BCUT2D eigenvalue weighted by Gasteiger charge is 2.31. The number of hydrogen-bond donors (Lipinski definition) is 0. The first-order chi connectivity index (χ1) is 9.14. The molecular formula is C17H21ClO2. The van der Waals surface area contributed by atoms with Crippen molar-refractivity contribution in [1.82, 2.24) is 0 Å². The molecule has 108 valence electrons. The smallest absolute Gasteiger partial charge is 0.160 e. The van der Waals surface area contributed by atoms with Crippen LogP contribution in [0.5, 0.6) is 5.75 Å². The summed E-state index contributed by atoms with van der Waals surface area (Å²) in [6, 6.07) is 1.92. The zero-order chi connectivity index (χ0) is 15.2. The van der Waals surface area contributed by atoms with E-state index < -0.39 is 0 Å². The molecule has 0 N–H and O–H groups in total. The Hall–Kier alpha value is -1.28. The number of hydrogen-bond acceptors (Lipinski definition) is 2. The molecule has 0 bridgehead atoms. The maximum absolute atomic E-state index is 11.8. The van der Waals surface area contributed by atoms with Crippen molar-refractivity contribution in [2.45, 2.75) is 47.1 Å². The maximum Gasteiger partial charge on any atom is 0.160 e. The van der Waals surface area contributed by atoms with Gasteiger partial charge >= 0.3 is 0 Å². The summed E-state index contributed by atoms with van der Waals surface area (Å²) in [5.74, 6) is 1.07. The molecule has 2 nitrogen and oxygen atoms in total. The second kappa shape index (κ2) is 4.92. The lowest BCUT2D eigenvalue weighted by atomic mass is 9.86. The van der Waals surface area contributed by atoms with E-state index in [2.05, 4.69) is 19.9 Å². The molecule has 0 aromatic heterocycles. The standard InChI is InChI=1S/C17H21ClO2/c1-9(2)14-8-17(5,6)20-16-13(14)7-12(11(4)19)10(3)15(16)18/h7-9H,1-6H3. The normalized spacial score (nSPS) is 16.5. The summed E-state index contributed by atoms with van der Waals surface area (Å²) in [5, 5.41) is 0.548. The fourth-order valence-electron chi connectivity index (χ4n) is 2.63. The van der Waals surface area contributed by atoms with Crippen molar-refractivity contribution < 1.29 is 9.53 Å². The third-order valence-electron chi connectivity index (χ3n) is 3.65. The predicted octanol–water partition coefficient (Wildman–Crippen LogP) is 5.06. The Balaban J connectivity index is 2.77. The molecule has 20 heavy (non-hydrogen) atoms. The zero-order valence-electron chi connectivity index (χ0n) is 12.9. The van der Waals surface area contributed by atoms with Crippen LogP contribution in [0.25, 0.3) is 5.57 Å². The molecule has 1 aliphatic heterocycles.